The van der Waals surface area contributed by atoms with Crippen LogP contribution in [0.4, 0.5) is 5.69 Å². The number of aryl methyl sites for hydroxylation is 1. The van der Waals surface area contributed by atoms with Crippen LogP contribution in [0.15, 0.2) is 18.2 Å². The standard InChI is InChI=1S/C14H21NO/c1-9(2)15-8-13(11(4)16)12-7-10(3)5-6-14(12)15/h5-7,9,11,13,16H,8H2,1-4H3. The Labute approximate surface area is 97.9 Å². The predicted molar refractivity (Wildman–Crippen MR) is 68.1 cm³/mol. The van der Waals surface area contributed by atoms with Crippen molar-refractivity contribution in [3.05, 3.63) is 29.3 Å². The molecule has 1 aliphatic rings. The molecule has 1 aromatic rings. The molecule has 2 unspecified atom stereocenters. The Hall–Kier alpha value is -1.02. The minimum Gasteiger partial charge on any atom is -0.393 e. The Morgan fingerprint density at radius 3 is 2.56 bits per heavy atom. The van der Waals surface area contributed by atoms with E-state index in [0.29, 0.717) is 6.04 Å². The number of rotatable bonds is 2. The van der Waals surface area contributed by atoms with Crippen molar-refractivity contribution in [2.75, 3.05) is 11.4 Å². The second-order valence-electron chi connectivity index (χ2n) is 5.16. The highest BCUT2D eigenvalue weighted by Crippen LogP contribution is 2.39. The molecule has 0 fully saturated rings. The topological polar surface area (TPSA) is 23.5 Å². The van der Waals surface area contributed by atoms with E-state index in [4.69, 9.17) is 0 Å². The number of aliphatic hydroxyl groups is 1. The molecule has 1 heterocycles. The van der Waals surface area contributed by atoms with Crippen molar-refractivity contribution >= 4 is 5.69 Å². The Balaban J connectivity index is 2.44. The van der Waals surface area contributed by atoms with Crippen LogP contribution in [0.5, 0.6) is 0 Å². The fourth-order valence-corrected chi connectivity index (χ4v) is 2.54. The molecule has 0 aromatic heterocycles. The fourth-order valence-electron chi connectivity index (χ4n) is 2.54. The summed E-state index contributed by atoms with van der Waals surface area (Å²) in [7, 11) is 0. The van der Waals surface area contributed by atoms with Crippen molar-refractivity contribution in [1.82, 2.24) is 0 Å². The Kier molecular flexibility index (Phi) is 2.94. The van der Waals surface area contributed by atoms with Gasteiger partial charge in [0.2, 0.25) is 0 Å². The minimum absolute atomic E-state index is 0.261. The molecule has 0 radical (unpaired) electrons. The van der Waals surface area contributed by atoms with Gasteiger partial charge in [-0.05, 0) is 39.3 Å². The lowest BCUT2D eigenvalue weighted by atomic mass is 9.95. The number of nitrogens with zero attached hydrogens (tertiary/aromatic N) is 1. The summed E-state index contributed by atoms with van der Waals surface area (Å²) in [5.41, 5.74) is 3.88. The van der Waals surface area contributed by atoms with Crippen LogP contribution in [0, 0.1) is 6.92 Å². The predicted octanol–water partition coefficient (Wildman–Crippen LogP) is 2.69. The van der Waals surface area contributed by atoms with Crippen LogP contribution < -0.4 is 4.90 Å². The average Bonchev–Trinajstić information content (AvgIpc) is 2.56. The van der Waals surface area contributed by atoms with E-state index in [2.05, 4.69) is 43.9 Å². The summed E-state index contributed by atoms with van der Waals surface area (Å²) in [6.45, 7) is 9.34. The van der Waals surface area contributed by atoms with E-state index in [1.165, 1.54) is 16.8 Å². The molecule has 2 atom stereocenters. The molecule has 1 aliphatic heterocycles. The van der Waals surface area contributed by atoms with Gasteiger partial charge in [0.25, 0.3) is 0 Å². The second kappa shape index (κ2) is 4.10. The van der Waals surface area contributed by atoms with E-state index in [0.717, 1.165) is 6.54 Å². The average molecular weight is 219 g/mol. The first kappa shape index (κ1) is 11.5. The highest BCUT2D eigenvalue weighted by atomic mass is 16.3. The van der Waals surface area contributed by atoms with Gasteiger partial charge in [-0.3, -0.25) is 0 Å². The Morgan fingerprint density at radius 1 is 1.31 bits per heavy atom. The summed E-state index contributed by atoms with van der Waals surface area (Å²) >= 11 is 0. The molecule has 2 nitrogen and oxygen atoms in total. The maximum atomic E-state index is 9.86. The third-order valence-electron chi connectivity index (χ3n) is 3.49. The number of aliphatic hydroxyl groups excluding tert-OH is 1. The van der Waals surface area contributed by atoms with Gasteiger partial charge in [-0.15, -0.1) is 0 Å². The van der Waals surface area contributed by atoms with Crippen LogP contribution in [0.1, 0.15) is 37.8 Å². The summed E-state index contributed by atoms with van der Waals surface area (Å²) < 4.78 is 0. The van der Waals surface area contributed by atoms with E-state index in [-0.39, 0.29) is 12.0 Å². The van der Waals surface area contributed by atoms with Gasteiger partial charge in [-0.25, -0.2) is 0 Å². The van der Waals surface area contributed by atoms with Gasteiger partial charge in [0, 0.05) is 24.2 Å². The molecule has 16 heavy (non-hydrogen) atoms. The Morgan fingerprint density at radius 2 is 2.00 bits per heavy atom. The number of anilines is 1. The van der Waals surface area contributed by atoms with Gasteiger partial charge in [0.1, 0.15) is 0 Å². The quantitative estimate of drug-likeness (QED) is 0.826. The summed E-state index contributed by atoms with van der Waals surface area (Å²) in [5.74, 6) is 0.261. The van der Waals surface area contributed by atoms with Gasteiger partial charge in [0.15, 0.2) is 0 Å². The SMILES string of the molecule is Cc1ccc2c(c1)C(C(C)O)CN2C(C)C. The molecular formula is C14H21NO. The number of benzene rings is 1. The lowest BCUT2D eigenvalue weighted by Gasteiger charge is -2.24. The van der Waals surface area contributed by atoms with Crippen molar-refractivity contribution in [2.45, 2.75) is 45.8 Å². The van der Waals surface area contributed by atoms with Crippen LogP contribution in [0.3, 0.4) is 0 Å². The lowest BCUT2D eigenvalue weighted by Crippen LogP contribution is -2.31. The Bertz CT molecular complexity index is 384. The molecular weight excluding hydrogens is 198 g/mol. The van der Waals surface area contributed by atoms with Gasteiger partial charge in [-0.1, -0.05) is 17.7 Å². The lowest BCUT2D eigenvalue weighted by molar-refractivity contribution is 0.167. The van der Waals surface area contributed by atoms with Crippen molar-refractivity contribution in [3.63, 3.8) is 0 Å². The first-order valence-electron chi connectivity index (χ1n) is 6.06. The molecule has 0 saturated carbocycles. The van der Waals surface area contributed by atoms with E-state index in [1.807, 2.05) is 6.92 Å². The van der Waals surface area contributed by atoms with E-state index in [1.54, 1.807) is 0 Å². The zero-order chi connectivity index (χ0) is 11.9. The van der Waals surface area contributed by atoms with Crippen molar-refractivity contribution in [2.24, 2.45) is 0 Å². The van der Waals surface area contributed by atoms with Gasteiger partial charge in [0.05, 0.1) is 6.10 Å². The van der Waals surface area contributed by atoms with Gasteiger partial charge < -0.3 is 10.0 Å². The first-order valence-corrected chi connectivity index (χ1v) is 6.06. The third-order valence-corrected chi connectivity index (χ3v) is 3.49. The summed E-state index contributed by atoms with van der Waals surface area (Å²) in [6, 6.07) is 7.05. The summed E-state index contributed by atoms with van der Waals surface area (Å²) in [5, 5.41) is 9.86. The van der Waals surface area contributed by atoms with Crippen LogP contribution in [-0.4, -0.2) is 23.8 Å². The fraction of sp³-hybridized carbons (Fsp3) is 0.571. The maximum Gasteiger partial charge on any atom is 0.0598 e. The minimum atomic E-state index is -0.274. The monoisotopic (exact) mass is 219 g/mol. The van der Waals surface area contributed by atoms with Crippen LogP contribution in [0.25, 0.3) is 0 Å². The van der Waals surface area contributed by atoms with E-state index < -0.39 is 0 Å². The zero-order valence-corrected chi connectivity index (χ0v) is 10.6. The molecule has 1 aromatic carbocycles. The maximum absolute atomic E-state index is 9.86. The van der Waals surface area contributed by atoms with Crippen LogP contribution in [-0.2, 0) is 0 Å². The van der Waals surface area contributed by atoms with Crippen molar-refractivity contribution in [1.29, 1.82) is 0 Å². The molecule has 2 heteroatoms. The molecule has 1 N–H and O–H groups in total. The summed E-state index contributed by atoms with van der Waals surface area (Å²) in [4.78, 5) is 2.38. The van der Waals surface area contributed by atoms with Crippen LogP contribution >= 0.6 is 0 Å². The number of hydrogen-bond acceptors (Lipinski definition) is 2. The third kappa shape index (κ3) is 1.82. The smallest absolute Gasteiger partial charge is 0.0598 e. The van der Waals surface area contributed by atoms with E-state index >= 15 is 0 Å². The molecule has 0 aliphatic carbocycles. The normalized spacial score (nSPS) is 21.4. The number of fused-ring (bicyclic) bond motifs is 1. The summed E-state index contributed by atoms with van der Waals surface area (Å²) in [6.07, 6.45) is -0.274. The second-order valence-corrected chi connectivity index (χ2v) is 5.16. The molecule has 88 valence electrons. The molecule has 0 spiro atoms. The van der Waals surface area contributed by atoms with Gasteiger partial charge in [-0.2, -0.15) is 0 Å². The molecule has 0 saturated heterocycles. The van der Waals surface area contributed by atoms with Crippen molar-refractivity contribution < 1.29 is 5.11 Å². The largest absolute Gasteiger partial charge is 0.393 e. The first-order chi connectivity index (χ1) is 7.50. The highest BCUT2D eigenvalue weighted by Gasteiger charge is 2.32. The van der Waals surface area contributed by atoms with Crippen molar-refractivity contribution in [3.8, 4) is 0 Å². The zero-order valence-electron chi connectivity index (χ0n) is 10.6. The molecule has 2 rings (SSSR count). The van der Waals surface area contributed by atoms with E-state index in [9.17, 15) is 5.11 Å². The molecule has 0 bridgehead atoms. The van der Waals surface area contributed by atoms with Crippen LogP contribution in [0.2, 0.25) is 0 Å². The number of hydrogen-bond donors (Lipinski definition) is 1. The molecule has 0 amide bonds. The highest BCUT2D eigenvalue weighted by molar-refractivity contribution is 5.62. The van der Waals surface area contributed by atoms with Gasteiger partial charge >= 0.3 is 0 Å².